The Morgan fingerprint density at radius 1 is 0.967 bits per heavy atom. The molecule has 0 atom stereocenters. The molecule has 0 aliphatic rings. The van der Waals surface area contributed by atoms with Crippen molar-refractivity contribution in [1.29, 1.82) is 0 Å². The monoisotopic (exact) mass is 418 g/mol. The molecule has 2 heterocycles. The van der Waals surface area contributed by atoms with Crippen LogP contribution in [0.5, 0.6) is 0 Å². The molecule has 7 heteroatoms. The molecule has 0 saturated carbocycles. The molecule has 1 N–H and O–H groups in total. The van der Waals surface area contributed by atoms with Crippen molar-refractivity contribution < 1.29 is 4.79 Å². The topological polar surface area (TPSA) is 76.9 Å². The zero-order valence-electron chi connectivity index (χ0n) is 16.1. The van der Waals surface area contributed by atoms with Crippen LogP contribution in [0.2, 0.25) is 5.02 Å². The summed E-state index contributed by atoms with van der Waals surface area (Å²) in [5, 5.41) is 9.21. The van der Waals surface area contributed by atoms with Gasteiger partial charge in [0.1, 0.15) is 6.54 Å². The SMILES string of the molecule is O=C(Cn1nc(Cc2ccncc2)c2ccccc2c1=O)NCc1ccccc1Cl. The lowest BCUT2D eigenvalue weighted by atomic mass is 10.1. The minimum atomic E-state index is -0.310. The van der Waals surface area contributed by atoms with E-state index in [9.17, 15) is 9.59 Å². The lowest BCUT2D eigenvalue weighted by molar-refractivity contribution is -0.122. The molecular formula is C23H19ClN4O2. The molecule has 0 spiro atoms. The molecule has 0 aliphatic heterocycles. The van der Waals surface area contributed by atoms with Gasteiger partial charge in [-0.1, -0.05) is 48.0 Å². The Hall–Kier alpha value is -3.51. The van der Waals surface area contributed by atoms with Gasteiger partial charge in [-0.05, 0) is 35.4 Å². The number of fused-ring (bicyclic) bond motifs is 1. The Morgan fingerprint density at radius 3 is 2.43 bits per heavy atom. The fourth-order valence-electron chi connectivity index (χ4n) is 3.26. The Morgan fingerprint density at radius 2 is 1.67 bits per heavy atom. The van der Waals surface area contributed by atoms with Crippen LogP contribution in [0.4, 0.5) is 0 Å². The van der Waals surface area contributed by atoms with Gasteiger partial charge in [-0.15, -0.1) is 0 Å². The number of pyridine rings is 1. The Labute approximate surface area is 178 Å². The van der Waals surface area contributed by atoms with Gasteiger partial charge in [0.2, 0.25) is 5.91 Å². The third-order valence-electron chi connectivity index (χ3n) is 4.79. The quantitative estimate of drug-likeness (QED) is 0.521. The van der Waals surface area contributed by atoms with Crippen LogP contribution in [0.25, 0.3) is 10.8 Å². The van der Waals surface area contributed by atoms with E-state index in [-0.39, 0.29) is 24.6 Å². The van der Waals surface area contributed by atoms with Crippen molar-refractivity contribution in [3.05, 3.63) is 105 Å². The second kappa shape index (κ2) is 8.88. The van der Waals surface area contributed by atoms with Crippen LogP contribution in [-0.4, -0.2) is 20.7 Å². The summed E-state index contributed by atoms with van der Waals surface area (Å²) in [6.07, 6.45) is 3.97. The molecule has 4 aromatic rings. The number of carbonyl (C=O) groups excluding carboxylic acids is 1. The molecule has 0 unspecified atom stereocenters. The zero-order chi connectivity index (χ0) is 20.9. The van der Waals surface area contributed by atoms with Gasteiger partial charge < -0.3 is 5.32 Å². The highest BCUT2D eigenvalue weighted by atomic mass is 35.5. The molecule has 0 bridgehead atoms. The summed E-state index contributed by atoms with van der Waals surface area (Å²) >= 11 is 6.13. The first-order chi connectivity index (χ1) is 14.6. The van der Waals surface area contributed by atoms with E-state index in [4.69, 9.17) is 11.6 Å². The van der Waals surface area contributed by atoms with Crippen molar-refractivity contribution >= 4 is 28.3 Å². The van der Waals surface area contributed by atoms with Gasteiger partial charge in [0.15, 0.2) is 0 Å². The van der Waals surface area contributed by atoms with Gasteiger partial charge in [-0.2, -0.15) is 5.10 Å². The number of halogens is 1. The van der Waals surface area contributed by atoms with Gasteiger partial charge in [-0.25, -0.2) is 4.68 Å². The summed E-state index contributed by atoms with van der Waals surface area (Å²) in [5.41, 5.74) is 2.27. The summed E-state index contributed by atoms with van der Waals surface area (Å²) < 4.78 is 1.22. The lowest BCUT2D eigenvalue weighted by Gasteiger charge is -2.12. The minimum absolute atomic E-state index is 0.169. The predicted octanol–water partition coefficient (Wildman–Crippen LogP) is 3.35. The summed E-state index contributed by atoms with van der Waals surface area (Å²) in [6.45, 7) is 0.113. The fraction of sp³-hybridized carbons (Fsp3) is 0.130. The van der Waals surface area contributed by atoms with Crippen molar-refractivity contribution in [3.8, 4) is 0 Å². The first kappa shape index (κ1) is 19.8. The summed E-state index contributed by atoms with van der Waals surface area (Å²) in [7, 11) is 0. The van der Waals surface area contributed by atoms with Crippen LogP contribution in [0.3, 0.4) is 0 Å². The van der Waals surface area contributed by atoms with Gasteiger partial charge in [0, 0.05) is 35.8 Å². The highest BCUT2D eigenvalue weighted by Gasteiger charge is 2.13. The van der Waals surface area contributed by atoms with Crippen LogP contribution in [0, 0.1) is 0 Å². The van der Waals surface area contributed by atoms with Crippen LogP contribution in [-0.2, 0) is 24.3 Å². The number of aromatic nitrogens is 3. The average molecular weight is 419 g/mol. The minimum Gasteiger partial charge on any atom is -0.350 e. The molecule has 0 saturated heterocycles. The van der Waals surface area contributed by atoms with E-state index in [1.807, 2.05) is 48.5 Å². The van der Waals surface area contributed by atoms with Crippen LogP contribution < -0.4 is 10.9 Å². The largest absolute Gasteiger partial charge is 0.350 e. The molecule has 2 aromatic carbocycles. The molecule has 30 heavy (non-hydrogen) atoms. The normalized spacial score (nSPS) is 10.8. The van der Waals surface area contributed by atoms with Crippen LogP contribution >= 0.6 is 11.6 Å². The smallest absolute Gasteiger partial charge is 0.275 e. The van der Waals surface area contributed by atoms with Crippen molar-refractivity contribution in [1.82, 2.24) is 20.1 Å². The number of nitrogens with one attached hydrogen (secondary N) is 1. The first-order valence-corrected chi connectivity index (χ1v) is 9.87. The number of hydrogen-bond donors (Lipinski definition) is 1. The zero-order valence-corrected chi connectivity index (χ0v) is 16.8. The average Bonchev–Trinajstić information content (AvgIpc) is 2.77. The maximum atomic E-state index is 12.9. The number of carbonyl (C=O) groups is 1. The highest BCUT2D eigenvalue weighted by molar-refractivity contribution is 6.31. The van der Waals surface area contributed by atoms with E-state index in [1.54, 1.807) is 24.5 Å². The number of nitrogens with zero attached hydrogens (tertiary/aromatic N) is 3. The van der Waals surface area contributed by atoms with E-state index in [1.165, 1.54) is 4.68 Å². The Kier molecular flexibility index (Phi) is 5.86. The van der Waals surface area contributed by atoms with Gasteiger partial charge in [-0.3, -0.25) is 14.6 Å². The Balaban J connectivity index is 1.60. The molecular weight excluding hydrogens is 400 g/mol. The molecule has 6 nitrogen and oxygen atoms in total. The third kappa shape index (κ3) is 4.39. The second-order valence-electron chi connectivity index (χ2n) is 6.86. The number of rotatable bonds is 6. The van der Waals surface area contributed by atoms with E-state index < -0.39 is 0 Å². The van der Waals surface area contributed by atoms with Gasteiger partial charge in [0.05, 0.1) is 11.1 Å². The number of benzene rings is 2. The molecule has 0 aliphatic carbocycles. The predicted molar refractivity (Wildman–Crippen MR) is 116 cm³/mol. The molecule has 150 valence electrons. The molecule has 0 fully saturated rings. The number of amides is 1. The molecule has 1 amide bonds. The Bertz CT molecular complexity index is 1260. The van der Waals surface area contributed by atoms with Crippen molar-refractivity contribution in [2.75, 3.05) is 0 Å². The first-order valence-electron chi connectivity index (χ1n) is 9.49. The van der Waals surface area contributed by atoms with E-state index in [0.717, 1.165) is 22.2 Å². The second-order valence-corrected chi connectivity index (χ2v) is 7.26. The summed E-state index contributed by atoms with van der Waals surface area (Å²) in [5.74, 6) is -0.310. The molecule has 2 aromatic heterocycles. The van der Waals surface area contributed by atoms with Crippen molar-refractivity contribution in [2.45, 2.75) is 19.5 Å². The maximum absolute atomic E-state index is 12.9. The highest BCUT2D eigenvalue weighted by Crippen LogP contribution is 2.17. The molecule has 4 rings (SSSR count). The molecule has 0 radical (unpaired) electrons. The third-order valence-corrected chi connectivity index (χ3v) is 5.16. The van der Waals surface area contributed by atoms with E-state index in [0.29, 0.717) is 16.8 Å². The summed E-state index contributed by atoms with van der Waals surface area (Å²) in [6, 6.07) is 18.4. The lowest BCUT2D eigenvalue weighted by Crippen LogP contribution is -2.34. The standard InChI is InChI=1S/C23H19ClN4O2/c24-20-8-4-1-5-17(20)14-26-22(29)15-28-23(30)19-7-3-2-6-18(19)21(27-28)13-16-9-11-25-12-10-16/h1-12H,13-15H2,(H,26,29). The number of hydrogen-bond acceptors (Lipinski definition) is 4. The summed E-state index contributed by atoms with van der Waals surface area (Å²) in [4.78, 5) is 29.4. The van der Waals surface area contributed by atoms with Crippen molar-refractivity contribution in [3.63, 3.8) is 0 Å². The van der Waals surface area contributed by atoms with Gasteiger partial charge in [0.25, 0.3) is 5.56 Å². The van der Waals surface area contributed by atoms with E-state index >= 15 is 0 Å². The maximum Gasteiger partial charge on any atom is 0.275 e. The van der Waals surface area contributed by atoms with Gasteiger partial charge >= 0.3 is 0 Å². The van der Waals surface area contributed by atoms with Crippen LogP contribution in [0.1, 0.15) is 16.8 Å². The van der Waals surface area contributed by atoms with Crippen molar-refractivity contribution in [2.24, 2.45) is 0 Å². The van der Waals surface area contributed by atoms with Crippen LogP contribution in [0.15, 0.2) is 77.9 Å². The van der Waals surface area contributed by atoms with E-state index in [2.05, 4.69) is 15.4 Å². The fourth-order valence-corrected chi connectivity index (χ4v) is 3.47.